The number of nitrogens with two attached hydrogens (primary N) is 1. The number of hydrogen-bond donors (Lipinski definition) is 4. The lowest BCUT2D eigenvalue weighted by molar-refractivity contribution is -0.150. The molecule has 1 aromatic rings. The van der Waals surface area contributed by atoms with Gasteiger partial charge in [-0.1, -0.05) is 105 Å². The minimum Gasteiger partial charge on any atom is -0.459 e. The van der Waals surface area contributed by atoms with Crippen molar-refractivity contribution in [3.8, 4) is 0 Å². The summed E-state index contributed by atoms with van der Waals surface area (Å²) in [6.07, 6.45) is 3.51. The molecular formula is C36H55N5O7. The average molecular weight is 670 g/mol. The quantitative estimate of drug-likeness (QED) is 0.184. The van der Waals surface area contributed by atoms with Crippen molar-refractivity contribution >= 4 is 35.5 Å². The number of esters is 1. The maximum atomic E-state index is 14.3. The Kier molecular flexibility index (Phi) is 12.8. The van der Waals surface area contributed by atoms with Crippen LogP contribution in [0.1, 0.15) is 93.1 Å². The summed E-state index contributed by atoms with van der Waals surface area (Å²) in [4.78, 5) is 80.7. The third-order valence-electron chi connectivity index (χ3n) is 9.52. The summed E-state index contributed by atoms with van der Waals surface area (Å²) in [5.74, 6) is -3.22. The fraction of sp³-hybridized carbons (Fsp3) is 0.667. The number of ether oxygens (including phenoxy) is 1. The summed E-state index contributed by atoms with van der Waals surface area (Å²) in [6.45, 7) is 15.2. The van der Waals surface area contributed by atoms with Crippen LogP contribution >= 0.6 is 0 Å². The summed E-state index contributed by atoms with van der Waals surface area (Å²) in [5.41, 5.74) is 4.62. The summed E-state index contributed by atoms with van der Waals surface area (Å²) in [6, 6.07) is 4.40. The van der Waals surface area contributed by atoms with Crippen LogP contribution in [0.25, 0.3) is 0 Å². The molecule has 5 amide bonds. The van der Waals surface area contributed by atoms with E-state index in [0.29, 0.717) is 12.8 Å². The van der Waals surface area contributed by atoms with Crippen LogP contribution in [0, 0.1) is 28.6 Å². The number of urea groups is 1. The number of likely N-dealkylation sites (tertiary alicyclic amines) is 1. The van der Waals surface area contributed by atoms with E-state index >= 15 is 0 Å². The van der Waals surface area contributed by atoms with Crippen molar-refractivity contribution in [2.45, 2.75) is 118 Å². The van der Waals surface area contributed by atoms with Gasteiger partial charge in [-0.3, -0.25) is 19.2 Å². The molecule has 0 bridgehead atoms. The molecule has 12 nitrogen and oxygen atoms in total. The molecule has 1 unspecified atom stereocenters. The zero-order chi connectivity index (χ0) is 36.0. The Labute approximate surface area is 284 Å². The van der Waals surface area contributed by atoms with Crippen molar-refractivity contribution in [2.75, 3.05) is 6.54 Å². The van der Waals surface area contributed by atoms with Gasteiger partial charge >= 0.3 is 12.0 Å². The number of hydrogen-bond acceptors (Lipinski definition) is 7. The van der Waals surface area contributed by atoms with E-state index in [9.17, 15) is 28.8 Å². The predicted molar refractivity (Wildman–Crippen MR) is 181 cm³/mol. The van der Waals surface area contributed by atoms with Crippen LogP contribution in [-0.2, 0) is 35.3 Å². The number of ketones is 1. The van der Waals surface area contributed by atoms with Gasteiger partial charge in [-0.2, -0.15) is 0 Å². The fourth-order valence-corrected chi connectivity index (χ4v) is 6.14. The number of primary amides is 1. The van der Waals surface area contributed by atoms with Gasteiger partial charge in [-0.15, -0.1) is 0 Å². The minimum atomic E-state index is -1.11. The lowest BCUT2D eigenvalue weighted by Gasteiger charge is -2.37. The van der Waals surface area contributed by atoms with Crippen LogP contribution in [0.2, 0.25) is 0 Å². The zero-order valence-corrected chi connectivity index (χ0v) is 29.8. The highest BCUT2D eigenvalue weighted by Gasteiger charge is 2.47. The molecule has 1 saturated heterocycles. The van der Waals surface area contributed by atoms with Crippen LogP contribution in [0.5, 0.6) is 0 Å². The van der Waals surface area contributed by atoms with E-state index in [2.05, 4.69) is 16.0 Å². The summed E-state index contributed by atoms with van der Waals surface area (Å²) < 4.78 is 5.54. The van der Waals surface area contributed by atoms with Crippen molar-refractivity contribution in [3.05, 3.63) is 35.9 Å². The van der Waals surface area contributed by atoms with Crippen LogP contribution < -0.4 is 21.7 Å². The van der Waals surface area contributed by atoms with E-state index in [1.165, 1.54) is 4.90 Å². The molecule has 5 N–H and O–H groups in total. The molecule has 1 heterocycles. The molecule has 0 aromatic heterocycles. The number of carbonyl (C=O) groups excluding carboxylic acids is 6. The third kappa shape index (κ3) is 10.3. The number of Topliss-reactive ketones (excluding diaryl/α,β-unsaturated/α-hetero) is 1. The molecule has 0 radical (unpaired) electrons. The maximum absolute atomic E-state index is 14.3. The lowest BCUT2D eigenvalue weighted by Crippen LogP contribution is -2.62. The monoisotopic (exact) mass is 669 g/mol. The van der Waals surface area contributed by atoms with Gasteiger partial charge in [0.25, 0.3) is 5.91 Å². The van der Waals surface area contributed by atoms with E-state index in [1.807, 2.05) is 44.2 Å². The first kappa shape index (κ1) is 38.5. The molecule has 48 heavy (non-hydrogen) atoms. The Hall–Kier alpha value is -3.96. The molecule has 2 aliphatic rings. The Bertz CT molecular complexity index is 1330. The van der Waals surface area contributed by atoms with Crippen molar-refractivity contribution in [1.82, 2.24) is 20.9 Å². The third-order valence-corrected chi connectivity index (χ3v) is 9.52. The predicted octanol–water partition coefficient (Wildman–Crippen LogP) is 3.46. The number of benzene rings is 1. The molecule has 2 fully saturated rings. The number of carbonyl (C=O) groups is 6. The van der Waals surface area contributed by atoms with E-state index in [4.69, 9.17) is 10.5 Å². The molecule has 1 aliphatic heterocycles. The first-order chi connectivity index (χ1) is 22.3. The topological polar surface area (TPSA) is 177 Å². The molecule has 1 aliphatic carbocycles. The minimum absolute atomic E-state index is 0.0132. The fourth-order valence-electron chi connectivity index (χ4n) is 6.14. The summed E-state index contributed by atoms with van der Waals surface area (Å²) in [5, 5.41) is 8.26. The van der Waals surface area contributed by atoms with Crippen molar-refractivity contribution < 1.29 is 33.5 Å². The second-order valence-corrected chi connectivity index (χ2v) is 15.9. The van der Waals surface area contributed by atoms with Crippen LogP contribution in [-0.4, -0.2) is 71.1 Å². The normalized spacial score (nSPS) is 20.2. The van der Waals surface area contributed by atoms with Gasteiger partial charge in [0.15, 0.2) is 0 Å². The standard InChI is InChI=1S/C36H55N5O7/c1-21(2)24-18-26(31(44)38-25(27(42)30(37)43)17-22-15-12-16-22)41(19-24)32(45)28(35(3,4)5)39-34(47)40-29(36(6,7)8)33(46)48-20-23-13-10-9-11-14-23/h9-11,13-14,21-22,24-26,28-29H,12,15-20H2,1-8H3,(H2,37,43)(H,38,44)(H2,39,40,47)/t24-,25?,26+,28-,29-/m1/s1. The van der Waals surface area contributed by atoms with Crippen LogP contribution in [0.4, 0.5) is 4.79 Å². The van der Waals surface area contributed by atoms with Gasteiger partial charge in [-0.05, 0) is 47.0 Å². The van der Waals surface area contributed by atoms with Gasteiger partial charge in [-0.25, -0.2) is 9.59 Å². The number of nitrogens with zero attached hydrogens (tertiary/aromatic N) is 1. The number of amides is 5. The number of nitrogens with one attached hydrogen (secondary N) is 3. The van der Waals surface area contributed by atoms with Gasteiger partial charge in [0.05, 0.1) is 6.04 Å². The molecular weight excluding hydrogens is 614 g/mol. The van der Waals surface area contributed by atoms with Gasteiger partial charge < -0.3 is 31.3 Å². The SMILES string of the molecule is CC(C)[C@@H]1C[C@@H](C(=O)NC(CC2CCC2)C(=O)C(N)=O)N(C(=O)[C@@H](NC(=O)N[C@H](C(=O)OCc2ccccc2)C(C)(C)C)C(C)(C)C)C1. The molecule has 0 spiro atoms. The molecule has 3 rings (SSSR count). The summed E-state index contributed by atoms with van der Waals surface area (Å²) >= 11 is 0. The first-order valence-electron chi connectivity index (χ1n) is 17.0. The molecule has 1 saturated carbocycles. The zero-order valence-electron chi connectivity index (χ0n) is 29.8. The van der Waals surface area contributed by atoms with Gasteiger partial charge in [0.2, 0.25) is 17.6 Å². The molecule has 266 valence electrons. The Morgan fingerprint density at radius 1 is 0.896 bits per heavy atom. The van der Waals surface area contributed by atoms with Crippen LogP contribution in [0.3, 0.4) is 0 Å². The maximum Gasteiger partial charge on any atom is 0.329 e. The highest BCUT2D eigenvalue weighted by Crippen LogP contribution is 2.34. The Morgan fingerprint density at radius 3 is 1.98 bits per heavy atom. The second-order valence-electron chi connectivity index (χ2n) is 15.9. The molecule has 5 atom stereocenters. The molecule has 1 aromatic carbocycles. The summed E-state index contributed by atoms with van der Waals surface area (Å²) in [7, 11) is 0. The van der Waals surface area contributed by atoms with E-state index in [1.54, 1.807) is 41.5 Å². The highest BCUT2D eigenvalue weighted by molar-refractivity contribution is 6.37. The smallest absolute Gasteiger partial charge is 0.329 e. The van der Waals surface area contributed by atoms with E-state index < -0.39 is 70.5 Å². The van der Waals surface area contributed by atoms with Gasteiger partial charge in [0.1, 0.15) is 24.7 Å². The first-order valence-corrected chi connectivity index (χ1v) is 17.0. The van der Waals surface area contributed by atoms with Gasteiger partial charge in [0, 0.05) is 6.54 Å². The van der Waals surface area contributed by atoms with Crippen molar-refractivity contribution in [1.29, 1.82) is 0 Å². The van der Waals surface area contributed by atoms with Crippen molar-refractivity contribution in [3.63, 3.8) is 0 Å². The molecule has 12 heteroatoms. The largest absolute Gasteiger partial charge is 0.459 e. The second kappa shape index (κ2) is 16.0. The number of rotatable bonds is 13. The highest BCUT2D eigenvalue weighted by atomic mass is 16.5. The van der Waals surface area contributed by atoms with Crippen LogP contribution in [0.15, 0.2) is 30.3 Å². The Morgan fingerprint density at radius 2 is 1.48 bits per heavy atom. The lowest BCUT2D eigenvalue weighted by atomic mass is 9.80. The van der Waals surface area contributed by atoms with E-state index in [0.717, 1.165) is 24.8 Å². The van der Waals surface area contributed by atoms with Crippen molar-refractivity contribution in [2.24, 2.45) is 34.3 Å². The average Bonchev–Trinajstić information content (AvgIpc) is 3.43. The van der Waals surface area contributed by atoms with E-state index in [-0.39, 0.29) is 30.9 Å². The Balaban J connectivity index is 1.79.